The summed E-state index contributed by atoms with van der Waals surface area (Å²) in [5.41, 5.74) is 3.42. The second-order valence-corrected chi connectivity index (χ2v) is 5.10. The van der Waals surface area contributed by atoms with Gasteiger partial charge in [0.05, 0.1) is 0 Å². The third-order valence-corrected chi connectivity index (χ3v) is 2.98. The lowest BCUT2D eigenvalue weighted by molar-refractivity contribution is -0.134. The van der Waals surface area contributed by atoms with E-state index in [-0.39, 0.29) is 0 Å². The molecule has 7 heteroatoms. The van der Waals surface area contributed by atoms with Crippen LogP contribution in [0.1, 0.15) is 18.1 Å². The zero-order valence-electron chi connectivity index (χ0n) is 11.9. The van der Waals surface area contributed by atoms with Gasteiger partial charge in [0.2, 0.25) is 0 Å². The van der Waals surface area contributed by atoms with Crippen LogP contribution in [-0.2, 0) is 4.79 Å². The van der Waals surface area contributed by atoms with Gasteiger partial charge in [-0.25, -0.2) is 4.98 Å². The highest BCUT2D eigenvalue weighted by molar-refractivity contribution is 7.71. The Labute approximate surface area is 133 Å². The van der Waals surface area contributed by atoms with Crippen LogP contribution in [0.25, 0.3) is 0 Å². The van der Waals surface area contributed by atoms with Crippen LogP contribution in [0.3, 0.4) is 0 Å². The molecule has 112 valence electrons. The van der Waals surface area contributed by atoms with Crippen molar-refractivity contribution in [2.45, 2.75) is 20.8 Å². The third-order valence-electron chi connectivity index (χ3n) is 2.58. The number of carboxylic acid groups (broad SMARTS) is 1. The number of carboxylic acids is 1. The summed E-state index contributed by atoms with van der Waals surface area (Å²) in [4.78, 5) is 15.9. The first-order valence-corrected chi connectivity index (χ1v) is 6.88. The fraction of sp³-hybridized carbons (Fsp3) is 0.214. The maximum atomic E-state index is 9.00. The van der Waals surface area contributed by atoms with E-state index in [4.69, 9.17) is 33.7 Å². The molecule has 0 aliphatic rings. The number of nitrogens with zero attached hydrogens (tertiary/aromatic N) is 1. The van der Waals surface area contributed by atoms with Gasteiger partial charge < -0.3 is 15.4 Å². The van der Waals surface area contributed by atoms with Crippen molar-refractivity contribution in [2.24, 2.45) is 0 Å². The van der Waals surface area contributed by atoms with Crippen molar-refractivity contribution in [1.82, 2.24) is 9.97 Å². The smallest absolute Gasteiger partial charge is 0.300 e. The molecular formula is C14H16ClN3O2S. The van der Waals surface area contributed by atoms with E-state index >= 15 is 0 Å². The quantitative estimate of drug-likeness (QED) is 0.568. The van der Waals surface area contributed by atoms with Gasteiger partial charge in [-0.3, -0.25) is 4.79 Å². The number of benzene rings is 1. The first-order chi connectivity index (χ1) is 9.79. The van der Waals surface area contributed by atoms with E-state index in [2.05, 4.69) is 35.2 Å². The largest absolute Gasteiger partial charge is 0.481 e. The maximum absolute atomic E-state index is 9.00. The Balaban J connectivity index is 0.000000491. The summed E-state index contributed by atoms with van der Waals surface area (Å²) in [6.07, 6.45) is 0. The van der Waals surface area contributed by atoms with E-state index in [9.17, 15) is 0 Å². The number of carbonyl (C=O) groups is 1. The molecule has 0 fully saturated rings. The predicted octanol–water partition coefficient (Wildman–Crippen LogP) is 4.24. The van der Waals surface area contributed by atoms with E-state index in [1.807, 2.05) is 12.1 Å². The van der Waals surface area contributed by atoms with Crippen molar-refractivity contribution in [3.63, 3.8) is 0 Å². The molecule has 1 aromatic carbocycles. The fourth-order valence-corrected chi connectivity index (χ4v) is 1.97. The Morgan fingerprint density at radius 3 is 2.62 bits per heavy atom. The minimum atomic E-state index is -0.833. The van der Waals surface area contributed by atoms with E-state index in [1.54, 1.807) is 6.07 Å². The summed E-state index contributed by atoms with van der Waals surface area (Å²) in [7, 11) is 0. The molecule has 0 bridgehead atoms. The molecule has 2 rings (SSSR count). The number of aromatic amines is 1. The average molecular weight is 326 g/mol. The third kappa shape index (κ3) is 5.93. The molecule has 0 atom stereocenters. The average Bonchev–Trinajstić information content (AvgIpc) is 2.33. The van der Waals surface area contributed by atoms with Crippen LogP contribution in [0.2, 0.25) is 5.15 Å². The number of aliphatic carboxylic acids is 1. The van der Waals surface area contributed by atoms with Crippen LogP contribution in [0, 0.1) is 18.6 Å². The van der Waals surface area contributed by atoms with Crippen LogP contribution < -0.4 is 5.32 Å². The van der Waals surface area contributed by atoms with Gasteiger partial charge in [0, 0.05) is 18.7 Å². The Morgan fingerprint density at radius 2 is 2.05 bits per heavy atom. The Morgan fingerprint density at radius 1 is 1.43 bits per heavy atom. The number of hydrogen-bond donors (Lipinski definition) is 3. The highest BCUT2D eigenvalue weighted by Crippen LogP contribution is 2.22. The molecule has 5 nitrogen and oxygen atoms in total. The van der Waals surface area contributed by atoms with Gasteiger partial charge in [-0.2, -0.15) is 0 Å². The van der Waals surface area contributed by atoms with Gasteiger partial charge in [0.1, 0.15) is 11.0 Å². The zero-order chi connectivity index (χ0) is 16.0. The lowest BCUT2D eigenvalue weighted by Gasteiger charge is -2.10. The topological polar surface area (TPSA) is 78.0 Å². The maximum Gasteiger partial charge on any atom is 0.300 e. The van der Waals surface area contributed by atoms with E-state index < -0.39 is 5.97 Å². The molecule has 0 amide bonds. The number of aryl methyl sites for hydroxylation is 1. The molecule has 0 saturated heterocycles. The van der Waals surface area contributed by atoms with Crippen LogP contribution in [0.15, 0.2) is 24.3 Å². The van der Waals surface area contributed by atoms with Crippen molar-refractivity contribution in [3.05, 3.63) is 45.3 Å². The van der Waals surface area contributed by atoms with Gasteiger partial charge >= 0.3 is 0 Å². The highest BCUT2D eigenvalue weighted by Gasteiger charge is 2.02. The number of nitrogens with one attached hydrogen (secondary N) is 2. The van der Waals surface area contributed by atoms with Gasteiger partial charge in [-0.1, -0.05) is 23.7 Å². The first-order valence-electron chi connectivity index (χ1n) is 6.09. The minimum Gasteiger partial charge on any atom is -0.481 e. The number of hydrogen-bond acceptors (Lipinski definition) is 4. The van der Waals surface area contributed by atoms with E-state index in [1.165, 1.54) is 11.1 Å². The summed E-state index contributed by atoms with van der Waals surface area (Å²) in [6.45, 7) is 5.21. The summed E-state index contributed by atoms with van der Waals surface area (Å²) >= 11 is 10.9. The van der Waals surface area contributed by atoms with Crippen molar-refractivity contribution >= 4 is 41.3 Å². The molecule has 2 aromatic rings. The molecular weight excluding hydrogens is 310 g/mol. The normalized spacial score (nSPS) is 9.52. The molecule has 0 radical (unpaired) electrons. The molecule has 21 heavy (non-hydrogen) atoms. The summed E-state index contributed by atoms with van der Waals surface area (Å²) < 4.78 is 0.366. The van der Waals surface area contributed by atoms with E-state index in [0.29, 0.717) is 15.7 Å². The Hall–Kier alpha value is -1.92. The zero-order valence-corrected chi connectivity index (χ0v) is 13.5. The van der Waals surface area contributed by atoms with Gasteiger partial charge in [0.15, 0.2) is 4.77 Å². The van der Waals surface area contributed by atoms with Crippen molar-refractivity contribution in [1.29, 1.82) is 0 Å². The van der Waals surface area contributed by atoms with Crippen molar-refractivity contribution < 1.29 is 9.90 Å². The molecule has 1 heterocycles. The molecule has 0 spiro atoms. The predicted molar refractivity (Wildman–Crippen MR) is 86.9 cm³/mol. The standard InChI is InChI=1S/C12H12ClN3S.C2H4O2/c1-7-4-3-5-9(8(7)2)14-11-6-10(13)15-12(17)16-11;1-2(3)4/h3-6H,1-2H3,(H2,14,15,16,17);1H3,(H,3,4). The number of H-pyrrole nitrogens is 1. The molecule has 0 aliphatic heterocycles. The molecule has 0 aliphatic carbocycles. The second-order valence-electron chi connectivity index (χ2n) is 4.31. The Kier molecular flexibility index (Phi) is 6.33. The van der Waals surface area contributed by atoms with Crippen molar-refractivity contribution in [3.8, 4) is 0 Å². The lowest BCUT2D eigenvalue weighted by Crippen LogP contribution is -1.98. The second kappa shape index (κ2) is 7.75. The van der Waals surface area contributed by atoms with Crippen molar-refractivity contribution in [2.75, 3.05) is 5.32 Å². The Bertz CT molecular complexity index is 697. The van der Waals surface area contributed by atoms with E-state index in [0.717, 1.165) is 12.6 Å². The fourth-order valence-electron chi connectivity index (χ4n) is 1.52. The summed E-state index contributed by atoms with van der Waals surface area (Å²) in [6, 6.07) is 7.77. The highest BCUT2D eigenvalue weighted by atomic mass is 35.5. The van der Waals surface area contributed by atoms with Crippen LogP contribution in [-0.4, -0.2) is 21.0 Å². The van der Waals surface area contributed by atoms with Crippen LogP contribution >= 0.6 is 23.8 Å². The molecule has 0 unspecified atom stereocenters. The number of aromatic nitrogens is 2. The summed E-state index contributed by atoms with van der Waals surface area (Å²) in [5.74, 6) is -0.188. The SMILES string of the molecule is CC(=O)O.Cc1cccc(Nc2cc(Cl)[nH]c(=S)n2)c1C. The molecule has 3 N–H and O–H groups in total. The van der Waals surface area contributed by atoms with Gasteiger partial charge in [-0.15, -0.1) is 0 Å². The molecule has 0 saturated carbocycles. The summed E-state index contributed by atoms with van der Waals surface area (Å²) in [5, 5.41) is 11.1. The van der Waals surface area contributed by atoms with Crippen LogP contribution in [0.4, 0.5) is 11.5 Å². The lowest BCUT2D eigenvalue weighted by atomic mass is 10.1. The number of halogens is 1. The van der Waals surface area contributed by atoms with Gasteiger partial charge in [-0.05, 0) is 43.3 Å². The monoisotopic (exact) mass is 325 g/mol. The first kappa shape index (κ1) is 17.1. The molecule has 1 aromatic heterocycles. The minimum absolute atomic E-state index is 0.366. The van der Waals surface area contributed by atoms with Gasteiger partial charge in [0.25, 0.3) is 5.97 Å². The van der Waals surface area contributed by atoms with Crippen LogP contribution in [0.5, 0.6) is 0 Å². The number of rotatable bonds is 2. The number of anilines is 2.